The Morgan fingerprint density at radius 3 is 2.47 bits per heavy atom. The molecule has 0 aromatic heterocycles. The fraction of sp³-hybridized carbons (Fsp3) is 0.500. The number of nitriles is 1. The number of aromatic hydroxyl groups is 1. The summed E-state index contributed by atoms with van der Waals surface area (Å²) in [5.74, 6) is -9.62. The van der Waals surface area contributed by atoms with Crippen molar-refractivity contribution in [2.24, 2.45) is 29.4 Å². The van der Waals surface area contributed by atoms with Crippen LogP contribution >= 0.6 is 0 Å². The van der Waals surface area contributed by atoms with Crippen molar-refractivity contribution >= 4 is 23.3 Å². The first-order valence-corrected chi connectivity index (χ1v) is 10.2. The van der Waals surface area contributed by atoms with Crippen molar-refractivity contribution in [2.75, 3.05) is 14.1 Å². The minimum Gasteiger partial charge on any atom is -0.507 e. The summed E-state index contributed by atoms with van der Waals surface area (Å²) < 4.78 is 0. The van der Waals surface area contributed by atoms with E-state index in [0.29, 0.717) is 5.56 Å². The number of hydrogen-bond acceptors (Lipinski definition) is 9. The molecule has 7 atom stereocenters. The molecule has 0 heterocycles. The highest BCUT2D eigenvalue weighted by Gasteiger charge is 2.69. The lowest BCUT2D eigenvalue weighted by Gasteiger charge is -2.54. The minimum atomic E-state index is -2.69. The van der Waals surface area contributed by atoms with Gasteiger partial charge in [-0.25, -0.2) is 0 Å². The van der Waals surface area contributed by atoms with Crippen LogP contribution in [0.15, 0.2) is 12.1 Å². The molecular formula is C22H23N3O7. The summed E-state index contributed by atoms with van der Waals surface area (Å²) in [6, 6.07) is 3.59. The topological polar surface area (TPSA) is 182 Å². The molecule has 1 amide bonds. The van der Waals surface area contributed by atoms with Crippen LogP contribution in [0.2, 0.25) is 0 Å². The van der Waals surface area contributed by atoms with E-state index in [0.717, 1.165) is 0 Å². The first-order chi connectivity index (χ1) is 15.0. The monoisotopic (exact) mass is 441 g/mol. The second-order valence-electron chi connectivity index (χ2n) is 9.07. The molecule has 0 bridgehead atoms. The third-order valence-corrected chi connectivity index (χ3v) is 7.29. The first kappa shape index (κ1) is 22.1. The number of likely N-dealkylation sites (N-methyl/N-ethyl adjacent to an activating group) is 1. The first-order valence-electron chi connectivity index (χ1n) is 10.2. The molecule has 0 saturated heterocycles. The average Bonchev–Trinajstić information content (AvgIpc) is 2.70. The molecule has 32 heavy (non-hydrogen) atoms. The van der Waals surface area contributed by atoms with Crippen molar-refractivity contribution in [1.29, 1.82) is 5.26 Å². The summed E-state index contributed by atoms with van der Waals surface area (Å²) in [5, 5.41) is 41.9. The van der Waals surface area contributed by atoms with E-state index in [1.165, 1.54) is 17.0 Å². The number of fused-ring (bicyclic) bond motifs is 3. The van der Waals surface area contributed by atoms with Gasteiger partial charge < -0.3 is 26.0 Å². The number of hydrogen-bond donors (Lipinski definition) is 4. The second-order valence-corrected chi connectivity index (χ2v) is 9.07. The third-order valence-electron chi connectivity index (χ3n) is 7.29. The summed E-state index contributed by atoms with van der Waals surface area (Å²) in [5.41, 5.74) is 2.97. The molecule has 4 rings (SSSR count). The van der Waals surface area contributed by atoms with Crippen molar-refractivity contribution in [3.63, 3.8) is 0 Å². The molecule has 3 aliphatic carbocycles. The van der Waals surface area contributed by atoms with Crippen LogP contribution in [-0.4, -0.2) is 75.3 Å². The highest BCUT2D eigenvalue weighted by molar-refractivity contribution is 6.25. The van der Waals surface area contributed by atoms with Gasteiger partial charge in [0.15, 0.2) is 23.0 Å². The Morgan fingerprint density at radius 1 is 1.25 bits per heavy atom. The number of ketones is 3. The molecule has 0 aliphatic heterocycles. The zero-order valence-electron chi connectivity index (χ0n) is 17.5. The molecule has 10 heteroatoms. The van der Waals surface area contributed by atoms with Crippen LogP contribution in [0, 0.1) is 35.0 Å². The van der Waals surface area contributed by atoms with Crippen LogP contribution in [0.25, 0.3) is 0 Å². The van der Waals surface area contributed by atoms with Crippen molar-refractivity contribution < 1.29 is 34.5 Å². The molecule has 5 N–H and O–H groups in total. The Bertz CT molecular complexity index is 1110. The Balaban J connectivity index is 1.89. The fourth-order valence-corrected chi connectivity index (χ4v) is 5.93. The van der Waals surface area contributed by atoms with Crippen LogP contribution in [0.4, 0.5) is 0 Å². The predicted molar refractivity (Wildman–Crippen MR) is 107 cm³/mol. The highest BCUT2D eigenvalue weighted by atomic mass is 16.3. The number of aliphatic hydroxyl groups excluding tert-OH is 1. The van der Waals surface area contributed by atoms with Crippen molar-refractivity contribution in [3.8, 4) is 11.8 Å². The lowest BCUT2D eigenvalue weighted by atomic mass is 9.52. The maximum absolute atomic E-state index is 13.6. The SMILES string of the molecule is CN(C)[C@H]1C(O)C(C(N)=O)C(=O)[C@]2(O)C(=O)C3C(=O)c4c(O)ccc(C#N)c4C[C@@H]3C[C@H]12. The van der Waals surface area contributed by atoms with Gasteiger partial charge in [0, 0.05) is 12.0 Å². The zero-order valence-corrected chi connectivity index (χ0v) is 17.5. The summed E-state index contributed by atoms with van der Waals surface area (Å²) in [4.78, 5) is 53.5. The van der Waals surface area contributed by atoms with Crippen LogP contribution in [0.1, 0.15) is 27.9 Å². The molecule has 2 fully saturated rings. The van der Waals surface area contributed by atoms with Gasteiger partial charge in [0.25, 0.3) is 0 Å². The largest absolute Gasteiger partial charge is 0.507 e. The molecule has 10 nitrogen and oxygen atoms in total. The Kier molecular flexibility index (Phi) is 4.97. The van der Waals surface area contributed by atoms with E-state index < -0.39 is 70.4 Å². The maximum Gasteiger partial charge on any atom is 0.230 e. The van der Waals surface area contributed by atoms with Crippen molar-refractivity contribution in [1.82, 2.24) is 4.90 Å². The molecule has 2 saturated carbocycles. The smallest absolute Gasteiger partial charge is 0.230 e. The Labute approximate surface area is 183 Å². The maximum atomic E-state index is 13.6. The quantitative estimate of drug-likeness (QED) is 0.398. The lowest BCUT2D eigenvalue weighted by Crippen LogP contribution is -2.75. The highest BCUT2D eigenvalue weighted by Crippen LogP contribution is 2.51. The minimum absolute atomic E-state index is 0.00966. The number of primary amides is 1. The van der Waals surface area contributed by atoms with E-state index in [9.17, 15) is 39.8 Å². The van der Waals surface area contributed by atoms with E-state index in [-0.39, 0.29) is 24.0 Å². The second kappa shape index (κ2) is 7.20. The number of aliphatic hydroxyl groups is 2. The average molecular weight is 441 g/mol. The lowest BCUT2D eigenvalue weighted by molar-refractivity contribution is -0.190. The number of phenols is 1. The van der Waals surface area contributed by atoms with Crippen LogP contribution in [0.3, 0.4) is 0 Å². The van der Waals surface area contributed by atoms with E-state index in [1.54, 1.807) is 14.1 Å². The number of nitrogens with two attached hydrogens (primary N) is 1. The predicted octanol–water partition coefficient (Wildman–Crippen LogP) is -1.47. The standard InChI is InChI=1S/C22H23N3O7/c1-25(2)16-11-6-9-5-10-8(7-23)3-4-12(26)14(10)17(27)13(9)19(29)22(11,32)20(30)15(18(16)28)21(24)31/h3-4,9,11,13,15-16,18,26,28,32H,5-6H2,1-2H3,(H2,24,31)/t9-,11-,13?,15?,16-,18?,22-/m1/s1. The number of benzene rings is 1. The van der Waals surface area contributed by atoms with Crippen molar-refractivity contribution in [2.45, 2.75) is 30.6 Å². The van der Waals surface area contributed by atoms with Gasteiger partial charge in [-0.1, -0.05) is 0 Å². The fourth-order valence-electron chi connectivity index (χ4n) is 5.93. The molecule has 3 unspecified atom stereocenters. The number of nitrogens with zero attached hydrogens (tertiary/aromatic N) is 2. The Morgan fingerprint density at radius 2 is 1.91 bits per heavy atom. The van der Waals surface area contributed by atoms with E-state index in [2.05, 4.69) is 0 Å². The molecule has 0 spiro atoms. The van der Waals surface area contributed by atoms with Crippen molar-refractivity contribution in [3.05, 3.63) is 28.8 Å². The molecule has 0 radical (unpaired) electrons. The van der Waals surface area contributed by atoms with E-state index in [4.69, 9.17) is 5.73 Å². The number of Topliss-reactive ketones (excluding diaryl/α,β-unsaturated/α-hetero) is 3. The summed E-state index contributed by atoms with van der Waals surface area (Å²) in [6.45, 7) is 0. The van der Waals surface area contributed by atoms with Gasteiger partial charge in [0.05, 0.1) is 29.2 Å². The van der Waals surface area contributed by atoms with Gasteiger partial charge in [-0.15, -0.1) is 0 Å². The normalized spacial score (nSPS) is 36.2. The number of carbonyl (C=O) groups excluding carboxylic acids is 4. The third kappa shape index (κ3) is 2.68. The zero-order chi connectivity index (χ0) is 23.7. The molecular weight excluding hydrogens is 418 g/mol. The number of rotatable bonds is 2. The molecule has 3 aliphatic rings. The van der Waals surface area contributed by atoms with Gasteiger partial charge in [-0.2, -0.15) is 5.26 Å². The number of phenolic OH excluding ortho intramolecular Hbond substituents is 1. The number of amides is 1. The molecule has 1 aromatic carbocycles. The summed E-state index contributed by atoms with van der Waals surface area (Å²) in [7, 11) is 3.15. The van der Waals surface area contributed by atoms with Crippen LogP contribution in [0.5, 0.6) is 5.75 Å². The molecule has 168 valence electrons. The van der Waals surface area contributed by atoms with Gasteiger partial charge in [0.1, 0.15) is 11.7 Å². The van der Waals surface area contributed by atoms with Gasteiger partial charge in [0.2, 0.25) is 5.91 Å². The Hall–Kier alpha value is -3.13. The van der Waals surface area contributed by atoms with Gasteiger partial charge in [-0.05, 0) is 50.6 Å². The van der Waals surface area contributed by atoms with Gasteiger partial charge in [-0.3, -0.25) is 19.2 Å². The van der Waals surface area contributed by atoms with Gasteiger partial charge >= 0.3 is 0 Å². The number of carbonyl (C=O) groups is 4. The summed E-state index contributed by atoms with van der Waals surface area (Å²) >= 11 is 0. The molecule has 1 aromatic rings. The van der Waals surface area contributed by atoms with Crippen LogP contribution < -0.4 is 5.73 Å². The summed E-state index contributed by atoms with van der Waals surface area (Å²) in [6.07, 6.45) is -1.43. The van der Waals surface area contributed by atoms with E-state index in [1.807, 2.05) is 6.07 Å². The van der Waals surface area contributed by atoms with E-state index >= 15 is 0 Å². The van der Waals surface area contributed by atoms with Crippen LogP contribution in [-0.2, 0) is 20.8 Å².